The highest BCUT2D eigenvalue weighted by atomic mass is 15.3. The quantitative estimate of drug-likeness (QED) is 0.568. The minimum Gasteiger partial charge on any atom is -0.300 e. The Hall–Kier alpha value is -0.0800. The fourth-order valence-corrected chi connectivity index (χ4v) is 5.38. The van der Waals surface area contributed by atoms with Crippen molar-refractivity contribution < 1.29 is 0 Å². The van der Waals surface area contributed by atoms with Crippen molar-refractivity contribution in [1.82, 2.24) is 9.80 Å². The maximum absolute atomic E-state index is 2.72. The number of hydrogen-bond donors (Lipinski definition) is 0. The van der Waals surface area contributed by atoms with E-state index in [1.165, 1.54) is 25.7 Å². The van der Waals surface area contributed by atoms with Crippen molar-refractivity contribution in [2.45, 2.75) is 49.9 Å². The number of hydrogen-bond acceptors (Lipinski definition) is 2. The summed E-state index contributed by atoms with van der Waals surface area (Å²) < 4.78 is 0. The van der Waals surface area contributed by atoms with Gasteiger partial charge >= 0.3 is 0 Å². The van der Waals surface area contributed by atoms with Crippen molar-refractivity contribution in [3.8, 4) is 0 Å². The SMILES string of the molecule is CN1[C@@H]2CC[C@H]1C1C2[C@@H]2CC[C@H]1N2C. The molecule has 4 aliphatic heterocycles. The van der Waals surface area contributed by atoms with Gasteiger partial charge in [-0.05, 0) is 51.6 Å². The molecule has 2 heteroatoms. The Kier molecular flexibility index (Phi) is 1.37. The average Bonchev–Trinajstić information content (AvgIpc) is 2.87. The second-order valence-electron chi connectivity index (χ2n) is 5.91. The third kappa shape index (κ3) is 0.674. The van der Waals surface area contributed by atoms with Gasteiger partial charge in [-0.3, -0.25) is 9.80 Å². The molecule has 4 fully saturated rings. The van der Waals surface area contributed by atoms with E-state index in [1.807, 2.05) is 0 Å². The first kappa shape index (κ1) is 8.12. The van der Waals surface area contributed by atoms with E-state index in [-0.39, 0.29) is 0 Å². The summed E-state index contributed by atoms with van der Waals surface area (Å²) in [7, 11) is 4.75. The van der Waals surface area contributed by atoms with Crippen LogP contribution in [0.1, 0.15) is 25.7 Å². The highest BCUT2D eigenvalue weighted by Crippen LogP contribution is 2.58. The lowest BCUT2D eigenvalue weighted by atomic mass is 9.71. The molecule has 4 heterocycles. The summed E-state index contributed by atoms with van der Waals surface area (Å²) in [5.41, 5.74) is 0. The normalized spacial score (nSPS) is 61.3. The Labute approximate surface area is 86.2 Å². The Bertz CT molecular complexity index is 225. The van der Waals surface area contributed by atoms with Crippen molar-refractivity contribution in [3.05, 3.63) is 0 Å². The number of nitrogens with zero attached hydrogens (tertiary/aromatic N) is 2. The van der Waals surface area contributed by atoms with Crippen LogP contribution in [-0.2, 0) is 0 Å². The number of rotatable bonds is 0. The lowest BCUT2D eigenvalue weighted by Gasteiger charge is -2.31. The molecule has 0 aromatic rings. The zero-order valence-electron chi connectivity index (χ0n) is 9.19. The van der Waals surface area contributed by atoms with Gasteiger partial charge in [0, 0.05) is 24.2 Å². The summed E-state index contributed by atoms with van der Waals surface area (Å²) in [6, 6.07) is 3.79. The van der Waals surface area contributed by atoms with E-state index in [1.54, 1.807) is 0 Å². The van der Waals surface area contributed by atoms with E-state index in [9.17, 15) is 0 Å². The predicted molar refractivity (Wildman–Crippen MR) is 56.1 cm³/mol. The lowest BCUT2D eigenvalue weighted by molar-refractivity contribution is 0.203. The summed E-state index contributed by atoms with van der Waals surface area (Å²) in [5, 5.41) is 0. The van der Waals surface area contributed by atoms with E-state index >= 15 is 0 Å². The minimum absolute atomic E-state index is 0.947. The summed E-state index contributed by atoms with van der Waals surface area (Å²) in [4.78, 5) is 5.43. The third-order valence-corrected chi connectivity index (χ3v) is 5.83. The van der Waals surface area contributed by atoms with Gasteiger partial charge in [-0.2, -0.15) is 0 Å². The van der Waals surface area contributed by atoms with Gasteiger partial charge in [-0.1, -0.05) is 0 Å². The lowest BCUT2D eigenvalue weighted by Crippen LogP contribution is -2.36. The maximum atomic E-state index is 2.72. The van der Waals surface area contributed by atoms with Crippen LogP contribution in [0.25, 0.3) is 0 Å². The third-order valence-electron chi connectivity index (χ3n) is 5.83. The van der Waals surface area contributed by atoms with E-state index in [0.717, 1.165) is 36.0 Å². The van der Waals surface area contributed by atoms with Gasteiger partial charge in [0.25, 0.3) is 0 Å². The molecule has 0 radical (unpaired) electrons. The second kappa shape index (κ2) is 2.35. The first-order chi connectivity index (χ1) is 6.79. The molecule has 0 N–H and O–H groups in total. The Balaban J connectivity index is 1.77. The topological polar surface area (TPSA) is 6.48 Å². The summed E-state index contributed by atoms with van der Waals surface area (Å²) in [5.74, 6) is 2.09. The monoisotopic (exact) mass is 192 g/mol. The van der Waals surface area contributed by atoms with Gasteiger partial charge in [0.1, 0.15) is 0 Å². The van der Waals surface area contributed by atoms with E-state index in [2.05, 4.69) is 23.9 Å². The van der Waals surface area contributed by atoms with Crippen LogP contribution in [0.3, 0.4) is 0 Å². The first-order valence-electron chi connectivity index (χ1n) is 6.23. The summed E-state index contributed by atoms with van der Waals surface area (Å²) >= 11 is 0. The fourth-order valence-electron chi connectivity index (χ4n) is 5.38. The fraction of sp³-hybridized carbons (Fsp3) is 1.00. The van der Waals surface area contributed by atoms with E-state index in [0.29, 0.717) is 0 Å². The largest absolute Gasteiger partial charge is 0.300 e. The van der Waals surface area contributed by atoms with Crippen LogP contribution < -0.4 is 0 Å². The Morgan fingerprint density at radius 1 is 0.643 bits per heavy atom. The Morgan fingerprint density at radius 2 is 0.929 bits per heavy atom. The zero-order chi connectivity index (χ0) is 9.45. The second-order valence-corrected chi connectivity index (χ2v) is 5.91. The molecular weight excluding hydrogens is 172 g/mol. The van der Waals surface area contributed by atoms with Crippen LogP contribution in [0, 0.1) is 11.8 Å². The molecule has 78 valence electrons. The molecular formula is C12H20N2. The smallest absolute Gasteiger partial charge is 0.0143 e. The molecule has 14 heavy (non-hydrogen) atoms. The van der Waals surface area contributed by atoms with Crippen molar-refractivity contribution >= 4 is 0 Å². The van der Waals surface area contributed by atoms with Crippen LogP contribution in [0.2, 0.25) is 0 Å². The number of fused-ring (bicyclic) bond motifs is 9. The van der Waals surface area contributed by atoms with Crippen molar-refractivity contribution in [2.24, 2.45) is 11.8 Å². The first-order valence-corrected chi connectivity index (χ1v) is 6.23. The van der Waals surface area contributed by atoms with E-state index < -0.39 is 0 Å². The molecule has 0 saturated carbocycles. The molecule has 0 aromatic heterocycles. The van der Waals surface area contributed by atoms with Crippen LogP contribution in [0.5, 0.6) is 0 Å². The van der Waals surface area contributed by atoms with Gasteiger partial charge in [-0.25, -0.2) is 0 Å². The Morgan fingerprint density at radius 3 is 1.21 bits per heavy atom. The molecule has 4 rings (SSSR count). The van der Waals surface area contributed by atoms with Gasteiger partial charge in [0.2, 0.25) is 0 Å². The molecule has 0 aromatic carbocycles. The summed E-state index contributed by atoms with van der Waals surface area (Å²) in [6.45, 7) is 0. The van der Waals surface area contributed by atoms with Crippen LogP contribution in [0.15, 0.2) is 0 Å². The molecule has 2 unspecified atom stereocenters. The average molecular weight is 192 g/mol. The zero-order valence-corrected chi connectivity index (χ0v) is 9.19. The standard InChI is InChI=1S/C12H20N2/c1-13-7-3-4-8(13)12-10-6-5-9(11(7)12)14(10)2/h7-12H,3-6H2,1-2H3/t7-,8+,9+,10-,11?,12?. The van der Waals surface area contributed by atoms with Gasteiger partial charge in [0.15, 0.2) is 0 Å². The van der Waals surface area contributed by atoms with Crippen molar-refractivity contribution in [1.29, 1.82) is 0 Å². The highest BCUT2D eigenvalue weighted by molar-refractivity contribution is 5.18. The molecule has 4 bridgehead atoms. The molecule has 4 saturated heterocycles. The molecule has 6 atom stereocenters. The van der Waals surface area contributed by atoms with Gasteiger partial charge < -0.3 is 0 Å². The predicted octanol–water partition coefficient (Wildman–Crippen LogP) is 1.17. The summed E-state index contributed by atoms with van der Waals surface area (Å²) in [6.07, 6.45) is 5.94. The molecule has 4 aliphatic rings. The molecule has 0 spiro atoms. The van der Waals surface area contributed by atoms with Gasteiger partial charge in [0.05, 0.1) is 0 Å². The molecule has 0 aliphatic carbocycles. The van der Waals surface area contributed by atoms with Crippen LogP contribution in [0.4, 0.5) is 0 Å². The van der Waals surface area contributed by atoms with E-state index in [4.69, 9.17) is 0 Å². The van der Waals surface area contributed by atoms with Crippen LogP contribution in [-0.4, -0.2) is 48.1 Å². The maximum Gasteiger partial charge on any atom is 0.0143 e. The molecule has 2 nitrogen and oxygen atoms in total. The molecule has 0 amide bonds. The highest BCUT2D eigenvalue weighted by Gasteiger charge is 2.64. The minimum atomic E-state index is 0.947. The van der Waals surface area contributed by atoms with Gasteiger partial charge in [-0.15, -0.1) is 0 Å². The van der Waals surface area contributed by atoms with Crippen molar-refractivity contribution in [3.63, 3.8) is 0 Å². The van der Waals surface area contributed by atoms with Crippen LogP contribution >= 0.6 is 0 Å². The van der Waals surface area contributed by atoms with Crippen molar-refractivity contribution in [2.75, 3.05) is 14.1 Å².